The monoisotopic (exact) mass is 271 g/mol. The molecule has 0 N–H and O–H groups in total. The Labute approximate surface area is 116 Å². The minimum absolute atomic E-state index is 0.0379. The molecule has 1 fully saturated rings. The van der Waals surface area contributed by atoms with Crippen LogP contribution in [0.4, 0.5) is 4.39 Å². The quantitative estimate of drug-likeness (QED) is 0.839. The average Bonchev–Trinajstić information content (AvgIpc) is 2.76. The lowest BCUT2D eigenvalue weighted by Crippen LogP contribution is -1.90. The van der Waals surface area contributed by atoms with Gasteiger partial charge in [-0.1, -0.05) is 31.1 Å². The lowest BCUT2D eigenvalue weighted by molar-refractivity contribution is 0.368. The maximum absolute atomic E-state index is 13.6. The summed E-state index contributed by atoms with van der Waals surface area (Å²) >= 11 is 0. The Bertz CT molecular complexity index is 714. The number of rotatable bonds is 2. The van der Waals surface area contributed by atoms with Gasteiger partial charge in [-0.25, -0.2) is 4.39 Å². The van der Waals surface area contributed by atoms with Crippen molar-refractivity contribution in [3.05, 3.63) is 35.5 Å². The molecule has 1 aromatic heterocycles. The van der Waals surface area contributed by atoms with E-state index in [0.29, 0.717) is 22.8 Å². The normalized spacial score (nSPS) is 23.4. The van der Waals surface area contributed by atoms with Crippen LogP contribution in [0.1, 0.15) is 31.2 Å². The molecular weight excluding hydrogens is 257 g/mol. The largest absolute Gasteiger partial charge is 0.339 e. The Morgan fingerprint density at radius 2 is 2.15 bits per heavy atom. The second-order valence-corrected chi connectivity index (χ2v) is 5.83. The third-order valence-corrected chi connectivity index (χ3v) is 4.10. The van der Waals surface area contributed by atoms with Crippen LogP contribution in [0.3, 0.4) is 0 Å². The fourth-order valence-electron chi connectivity index (χ4n) is 2.55. The van der Waals surface area contributed by atoms with Crippen LogP contribution in [0.5, 0.6) is 0 Å². The molecule has 2 atom stereocenters. The molecule has 1 aliphatic carbocycles. The molecular formula is C15H14FN3O. The minimum Gasteiger partial charge on any atom is -0.339 e. The Kier molecular flexibility index (Phi) is 2.65. The zero-order valence-corrected chi connectivity index (χ0v) is 11.5. The van der Waals surface area contributed by atoms with E-state index in [-0.39, 0.29) is 23.1 Å². The van der Waals surface area contributed by atoms with Gasteiger partial charge in [0, 0.05) is 5.56 Å². The zero-order chi connectivity index (χ0) is 14.5. The van der Waals surface area contributed by atoms with Crippen LogP contribution in [0, 0.1) is 35.4 Å². The molecule has 1 aromatic carbocycles. The van der Waals surface area contributed by atoms with Crippen molar-refractivity contribution >= 4 is 0 Å². The first kappa shape index (κ1) is 12.8. The predicted molar refractivity (Wildman–Crippen MR) is 70.1 cm³/mol. The number of hydrogen-bond donors (Lipinski definition) is 0. The Morgan fingerprint density at radius 1 is 1.40 bits per heavy atom. The number of halogens is 1. The fraction of sp³-hybridized carbons (Fsp3) is 0.400. The highest BCUT2D eigenvalue weighted by Gasteiger charge is 2.62. The van der Waals surface area contributed by atoms with Gasteiger partial charge in [0.1, 0.15) is 5.82 Å². The van der Waals surface area contributed by atoms with Crippen molar-refractivity contribution in [2.75, 3.05) is 0 Å². The molecule has 4 nitrogen and oxygen atoms in total. The summed E-state index contributed by atoms with van der Waals surface area (Å²) in [6, 6.07) is 7.09. The molecule has 2 aromatic rings. The van der Waals surface area contributed by atoms with Gasteiger partial charge in [0.25, 0.3) is 0 Å². The molecule has 0 amide bonds. The second-order valence-electron chi connectivity index (χ2n) is 5.83. The van der Waals surface area contributed by atoms with Gasteiger partial charge in [0.05, 0.1) is 17.9 Å². The lowest BCUT2D eigenvalue weighted by atomic mass is 10.1. The molecule has 102 valence electrons. The highest BCUT2D eigenvalue weighted by atomic mass is 19.1. The van der Waals surface area contributed by atoms with Gasteiger partial charge in [-0.05, 0) is 24.0 Å². The molecule has 0 spiro atoms. The number of hydrogen-bond acceptors (Lipinski definition) is 4. The van der Waals surface area contributed by atoms with Crippen molar-refractivity contribution < 1.29 is 8.91 Å². The summed E-state index contributed by atoms with van der Waals surface area (Å²) in [7, 11) is 0. The maximum atomic E-state index is 13.6. The third-order valence-electron chi connectivity index (χ3n) is 4.10. The van der Waals surface area contributed by atoms with Crippen LogP contribution in [0.25, 0.3) is 11.4 Å². The van der Waals surface area contributed by atoms with Crippen molar-refractivity contribution in [1.82, 2.24) is 10.1 Å². The van der Waals surface area contributed by atoms with Crippen molar-refractivity contribution in [2.24, 2.45) is 11.3 Å². The van der Waals surface area contributed by atoms with Gasteiger partial charge in [0.15, 0.2) is 0 Å². The van der Waals surface area contributed by atoms with Gasteiger partial charge in [-0.3, -0.25) is 0 Å². The van der Waals surface area contributed by atoms with Gasteiger partial charge < -0.3 is 4.52 Å². The lowest BCUT2D eigenvalue weighted by Gasteiger charge is -1.98. The van der Waals surface area contributed by atoms with E-state index in [4.69, 9.17) is 9.78 Å². The first-order valence-corrected chi connectivity index (χ1v) is 6.45. The fourth-order valence-corrected chi connectivity index (χ4v) is 2.55. The van der Waals surface area contributed by atoms with Gasteiger partial charge >= 0.3 is 0 Å². The highest BCUT2D eigenvalue weighted by molar-refractivity contribution is 5.55. The Balaban J connectivity index is 1.92. The number of nitriles is 1. The molecule has 0 radical (unpaired) electrons. The van der Waals surface area contributed by atoms with E-state index >= 15 is 0 Å². The molecule has 1 saturated carbocycles. The SMILES string of the molecule is Cc1ccc(-c2noc(C3C(C#N)C3(C)C)n2)cc1F. The first-order valence-electron chi connectivity index (χ1n) is 6.45. The van der Waals surface area contributed by atoms with Crippen molar-refractivity contribution in [3.63, 3.8) is 0 Å². The summed E-state index contributed by atoms with van der Waals surface area (Å²) in [5, 5.41) is 13.0. The number of benzene rings is 1. The van der Waals surface area contributed by atoms with Crippen LogP contribution in [-0.4, -0.2) is 10.1 Å². The summed E-state index contributed by atoms with van der Waals surface area (Å²) in [4.78, 5) is 4.31. The predicted octanol–water partition coefficient (Wildman–Crippen LogP) is 3.45. The number of nitrogens with zero attached hydrogens (tertiary/aromatic N) is 3. The Hall–Kier alpha value is -2.22. The molecule has 0 aliphatic heterocycles. The third kappa shape index (κ3) is 1.80. The van der Waals surface area contributed by atoms with E-state index in [9.17, 15) is 4.39 Å². The van der Waals surface area contributed by atoms with Crippen LogP contribution in [-0.2, 0) is 0 Å². The van der Waals surface area contributed by atoms with E-state index < -0.39 is 0 Å². The number of aryl methyl sites for hydroxylation is 1. The molecule has 1 aliphatic rings. The van der Waals surface area contributed by atoms with Crippen LogP contribution < -0.4 is 0 Å². The van der Waals surface area contributed by atoms with Crippen LogP contribution in [0.15, 0.2) is 22.7 Å². The molecule has 0 saturated heterocycles. The van der Waals surface area contributed by atoms with Crippen molar-refractivity contribution in [2.45, 2.75) is 26.7 Å². The molecule has 1 heterocycles. The molecule has 5 heteroatoms. The van der Waals surface area contributed by atoms with Crippen LogP contribution in [0.2, 0.25) is 0 Å². The summed E-state index contributed by atoms with van der Waals surface area (Å²) in [5.41, 5.74) is 1.01. The van der Waals surface area contributed by atoms with E-state index in [2.05, 4.69) is 16.2 Å². The highest BCUT2D eigenvalue weighted by Crippen LogP contribution is 2.63. The number of aromatic nitrogens is 2. The summed E-state index contributed by atoms with van der Waals surface area (Å²) in [6.45, 7) is 5.70. The standard InChI is InChI=1S/C15H14FN3O/c1-8-4-5-9(6-11(8)16)13-18-14(20-19-13)12-10(7-17)15(12,2)3/h4-6,10,12H,1-3H3. The molecule has 2 unspecified atom stereocenters. The van der Waals surface area contributed by atoms with E-state index in [1.54, 1.807) is 19.1 Å². The second kappa shape index (κ2) is 4.14. The summed E-state index contributed by atoms with van der Waals surface area (Å²) in [6.07, 6.45) is 0. The van der Waals surface area contributed by atoms with E-state index in [1.165, 1.54) is 6.07 Å². The zero-order valence-electron chi connectivity index (χ0n) is 11.5. The van der Waals surface area contributed by atoms with Gasteiger partial charge in [-0.15, -0.1) is 0 Å². The van der Waals surface area contributed by atoms with E-state index in [0.717, 1.165) is 0 Å². The molecule has 0 bridgehead atoms. The van der Waals surface area contributed by atoms with Crippen molar-refractivity contribution in [3.8, 4) is 17.5 Å². The van der Waals surface area contributed by atoms with E-state index in [1.807, 2.05) is 13.8 Å². The maximum Gasteiger partial charge on any atom is 0.232 e. The van der Waals surface area contributed by atoms with Gasteiger partial charge in [0.2, 0.25) is 11.7 Å². The average molecular weight is 271 g/mol. The summed E-state index contributed by atoms with van der Waals surface area (Å²) < 4.78 is 18.8. The summed E-state index contributed by atoms with van der Waals surface area (Å²) in [5.74, 6) is 0.376. The van der Waals surface area contributed by atoms with Crippen LogP contribution >= 0.6 is 0 Å². The first-order chi connectivity index (χ1) is 9.45. The van der Waals surface area contributed by atoms with Gasteiger partial charge in [-0.2, -0.15) is 10.2 Å². The Morgan fingerprint density at radius 3 is 2.75 bits per heavy atom. The molecule has 3 rings (SSSR count). The molecule has 20 heavy (non-hydrogen) atoms. The minimum atomic E-state index is -0.296. The smallest absolute Gasteiger partial charge is 0.232 e. The van der Waals surface area contributed by atoms with Crippen molar-refractivity contribution in [1.29, 1.82) is 5.26 Å². The topological polar surface area (TPSA) is 62.7 Å².